The Kier molecular flexibility index (Phi) is 6.02. The number of rotatable bonds is 4. The van der Waals surface area contributed by atoms with Gasteiger partial charge in [-0.2, -0.15) is 5.10 Å². The number of H-pyrrole nitrogens is 1. The van der Waals surface area contributed by atoms with Gasteiger partial charge in [0.2, 0.25) is 0 Å². The molecule has 0 spiro atoms. The van der Waals surface area contributed by atoms with Crippen LogP contribution in [0.15, 0.2) is 30.3 Å². The van der Waals surface area contributed by atoms with Gasteiger partial charge in [0.15, 0.2) is 0 Å². The van der Waals surface area contributed by atoms with Crippen molar-refractivity contribution in [1.29, 1.82) is 0 Å². The second kappa shape index (κ2) is 8.21. The standard InChI is InChI=1S/C19H21N3O4/c1-19(2,3)26-18(25)20-11-5-4-6-13-7-9-14(10-8-13)15-12-16(17(23)24)22-21-15/h7-10,12H,5,11H2,1-3H3,(H,20,25)(H,21,22)(H,23,24). The van der Waals surface area contributed by atoms with Crippen LogP contribution in [0.2, 0.25) is 0 Å². The van der Waals surface area contributed by atoms with Gasteiger partial charge in [-0.3, -0.25) is 5.10 Å². The van der Waals surface area contributed by atoms with Crippen LogP contribution in [0, 0.1) is 11.8 Å². The Morgan fingerprint density at radius 1 is 1.27 bits per heavy atom. The van der Waals surface area contributed by atoms with Crippen LogP contribution in [0.3, 0.4) is 0 Å². The monoisotopic (exact) mass is 355 g/mol. The van der Waals surface area contributed by atoms with E-state index in [9.17, 15) is 9.59 Å². The minimum absolute atomic E-state index is 0.0429. The van der Waals surface area contributed by atoms with E-state index in [2.05, 4.69) is 27.4 Å². The van der Waals surface area contributed by atoms with E-state index in [-0.39, 0.29) is 5.69 Å². The van der Waals surface area contributed by atoms with Gasteiger partial charge in [0.25, 0.3) is 0 Å². The van der Waals surface area contributed by atoms with Crippen molar-refractivity contribution in [2.45, 2.75) is 32.8 Å². The summed E-state index contributed by atoms with van der Waals surface area (Å²) in [6.07, 6.45) is 0.0471. The summed E-state index contributed by atoms with van der Waals surface area (Å²) in [5, 5.41) is 18.0. The number of benzene rings is 1. The lowest BCUT2D eigenvalue weighted by atomic mass is 10.1. The number of aromatic amines is 1. The van der Waals surface area contributed by atoms with Crippen LogP contribution < -0.4 is 5.32 Å². The molecule has 0 radical (unpaired) electrons. The molecule has 1 amide bonds. The highest BCUT2D eigenvalue weighted by atomic mass is 16.6. The van der Waals surface area contributed by atoms with Crippen molar-refractivity contribution >= 4 is 12.1 Å². The molecule has 26 heavy (non-hydrogen) atoms. The van der Waals surface area contributed by atoms with Gasteiger partial charge in [-0.15, -0.1) is 0 Å². The number of carbonyl (C=O) groups is 2. The minimum atomic E-state index is -1.05. The number of aromatic carboxylic acids is 1. The molecule has 1 heterocycles. The van der Waals surface area contributed by atoms with Crippen LogP contribution >= 0.6 is 0 Å². The fraction of sp³-hybridized carbons (Fsp3) is 0.316. The van der Waals surface area contributed by atoms with Crippen molar-refractivity contribution < 1.29 is 19.4 Å². The van der Waals surface area contributed by atoms with Crippen LogP contribution in [0.25, 0.3) is 11.3 Å². The van der Waals surface area contributed by atoms with Gasteiger partial charge in [0, 0.05) is 24.1 Å². The number of alkyl carbamates (subject to hydrolysis) is 1. The lowest BCUT2D eigenvalue weighted by Crippen LogP contribution is -2.32. The maximum atomic E-state index is 11.5. The maximum absolute atomic E-state index is 11.5. The number of hydrogen-bond acceptors (Lipinski definition) is 4. The van der Waals surface area contributed by atoms with Gasteiger partial charge in [-0.05, 0) is 39.0 Å². The van der Waals surface area contributed by atoms with E-state index in [1.807, 2.05) is 45.0 Å². The minimum Gasteiger partial charge on any atom is -0.477 e. The molecule has 2 rings (SSSR count). The van der Waals surface area contributed by atoms with Crippen LogP contribution in [0.4, 0.5) is 4.79 Å². The SMILES string of the molecule is CC(C)(C)OC(=O)NCCC#Cc1ccc(-c2cc(C(=O)O)[nH]n2)cc1. The zero-order valence-corrected chi connectivity index (χ0v) is 14.9. The van der Waals surface area contributed by atoms with E-state index < -0.39 is 17.7 Å². The molecule has 0 aliphatic rings. The van der Waals surface area contributed by atoms with Crippen molar-refractivity contribution in [3.8, 4) is 23.1 Å². The first kappa shape index (κ1) is 19.1. The predicted octanol–water partition coefficient (Wildman–Crippen LogP) is 3.04. The predicted molar refractivity (Wildman–Crippen MR) is 96.7 cm³/mol. The summed E-state index contributed by atoms with van der Waals surface area (Å²) < 4.78 is 5.13. The number of aromatic nitrogens is 2. The maximum Gasteiger partial charge on any atom is 0.407 e. The second-order valence-corrected chi connectivity index (χ2v) is 6.53. The molecule has 1 aromatic heterocycles. The van der Waals surface area contributed by atoms with Gasteiger partial charge >= 0.3 is 12.1 Å². The molecule has 0 fully saturated rings. The number of ether oxygens (including phenoxy) is 1. The number of carboxylic acid groups (broad SMARTS) is 1. The van der Waals surface area contributed by atoms with E-state index in [0.717, 1.165) is 11.1 Å². The molecule has 0 bridgehead atoms. The summed E-state index contributed by atoms with van der Waals surface area (Å²) in [7, 11) is 0. The molecule has 0 saturated heterocycles. The molecule has 1 aromatic carbocycles. The summed E-state index contributed by atoms with van der Waals surface area (Å²) in [5.74, 6) is 4.93. The number of carboxylic acids is 1. The zero-order chi connectivity index (χ0) is 19.2. The van der Waals surface area contributed by atoms with Gasteiger partial charge in [-0.1, -0.05) is 24.0 Å². The number of hydrogen-bond donors (Lipinski definition) is 3. The highest BCUT2D eigenvalue weighted by molar-refractivity contribution is 5.86. The second-order valence-electron chi connectivity index (χ2n) is 6.53. The Morgan fingerprint density at radius 3 is 2.54 bits per heavy atom. The van der Waals surface area contributed by atoms with Crippen molar-refractivity contribution in [3.63, 3.8) is 0 Å². The average molecular weight is 355 g/mol. The fourth-order valence-electron chi connectivity index (χ4n) is 2.01. The molecule has 0 saturated carbocycles. The van der Waals surface area contributed by atoms with Crippen molar-refractivity contribution in [3.05, 3.63) is 41.6 Å². The molecule has 0 aliphatic carbocycles. The normalized spacial score (nSPS) is 10.6. The third-order valence-electron chi connectivity index (χ3n) is 3.14. The van der Waals surface area contributed by atoms with Crippen LogP contribution in [0.5, 0.6) is 0 Å². The molecule has 2 aromatic rings. The molecular formula is C19H21N3O4. The molecule has 3 N–H and O–H groups in total. The van der Waals surface area contributed by atoms with Crippen molar-refractivity contribution in [2.24, 2.45) is 0 Å². The Balaban J connectivity index is 1.85. The highest BCUT2D eigenvalue weighted by Gasteiger charge is 2.15. The number of nitrogens with one attached hydrogen (secondary N) is 2. The molecule has 7 heteroatoms. The first-order valence-electron chi connectivity index (χ1n) is 8.09. The zero-order valence-electron chi connectivity index (χ0n) is 14.9. The lowest BCUT2D eigenvalue weighted by Gasteiger charge is -2.19. The molecule has 0 unspecified atom stereocenters. The number of nitrogens with zero attached hydrogens (tertiary/aromatic N) is 1. The van der Waals surface area contributed by atoms with Gasteiger partial charge in [0.1, 0.15) is 11.3 Å². The molecule has 0 atom stereocenters. The summed E-state index contributed by atoms with van der Waals surface area (Å²) in [6, 6.07) is 8.79. The summed E-state index contributed by atoms with van der Waals surface area (Å²) in [5.41, 5.74) is 1.70. The lowest BCUT2D eigenvalue weighted by molar-refractivity contribution is 0.0528. The number of amides is 1. The highest BCUT2D eigenvalue weighted by Crippen LogP contribution is 2.18. The van der Waals surface area contributed by atoms with Crippen molar-refractivity contribution in [2.75, 3.05) is 6.54 Å². The van der Waals surface area contributed by atoms with E-state index in [1.54, 1.807) is 0 Å². The van der Waals surface area contributed by atoms with Gasteiger partial charge in [0.05, 0.1) is 5.69 Å². The molecular weight excluding hydrogens is 334 g/mol. The molecule has 7 nitrogen and oxygen atoms in total. The van der Waals surface area contributed by atoms with Crippen LogP contribution in [-0.2, 0) is 4.74 Å². The smallest absolute Gasteiger partial charge is 0.407 e. The first-order valence-corrected chi connectivity index (χ1v) is 8.09. The van der Waals surface area contributed by atoms with E-state index >= 15 is 0 Å². The number of carbonyl (C=O) groups excluding carboxylic acids is 1. The molecule has 136 valence electrons. The quantitative estimate of drug-likeness (QED) is 0.578. The van der Waals surface area contributed by atoms with Crippen LogP contribution in [0.1, 0.15) is 43.2 Å². The van der Waals surface area contributed by atoms with E-state index in [1.165, 1.54) is 6.07 Å². The average Bonchev–Trinajstić information content (AvgIpc) is 3.04. The van der Waals surface area contributed by atoms with Crippen LogP contribution in [-0.4, -0.2) is 39.5 Å². The van der Waals surface area contributed by atoms with E-state index in [4.69, 9.17) is 9.84 Å². The largest absolute Gasteiger partial charge is 0.477 e. The topological polar surface area (TPSA) is 104 Å². The summed E-state index contributed by atoms with van der Waals surface area (Å²) in [6.45, 7) is 5.83. The van der Waals surface area contributed by atoms with Gasteiger partial charge < -0.3 is 15.2 Å². The summed E-state index contributed by atoms with van der Waals surface area (Å²) >= 11 is 0. The third kappa shape index (κ3) is 5.98. The Morgan fingerprint density at radius 2 is 1.96 bits per heavy atom. The fourth-order valence-corrected chi connectivity index (χ4v) is 2.01. The van der Waals surface area contributed by atoms with Crippen molar-refractivity contribution in [1.82, 2.24) is 15.5 Å². The summed E-state index contributed by atoms with van der Waals surface area (Å²) in [4.78, 5) is 22.3. The Hall–Kier alpha value is -3.27. The third-order valence-corrected chi connectivity index (χ3v) is 3.14. The Bertz CT molecular complexity index is 836. The first-order chi connectivity index (χ1) is 12.2. The van der Waals surface area contributed by atoms with E-state index in [0.29, 0.717) is 18.7 Å². The van der Waals surface area contributed by atoms with Gasteiger partial charge in [-0.25, -0.2) is 9.59 Å². The molecule has 0 aliphatic heterocycles. The Labute approximate surface area is 151 Å².